The number of pyridine rings is 1. The van der Waals surface area contributed by atoms with Gasteiger partial charge in [-0.2, -0.15) is 4.39 Å². The van der Waals surface area contributed by atoms with Gasteiger partial charge in [0, 0.05) is 19.0 Å². The van der Waals surface area contributed by atoms with Crippen LogP contribution in [0.25, 0.3) is 0 Å². The summed E-state index contributed by atoms with van der Waals surface area (Å²) in [4.78, 5) is 15.5. The molecule has 0 fully saturated rings. The van der Waals surface area contributed by atoms with E-state index in [2.05, 4.69) is 10.3 Å². The molecule has 104 valence electrons. The van der Waals surface area contributed by atoms with Crippen LogP contribution in [0.4, 0.5) is 10.1 Å². The third-order valence-corrected chi connectivity index (χ3v) is 2.84. The summed E-state index contributed by atoms with van der Waals surface area (Å²) in [5.41, 5.74) is 1.51. The van der Waals surface area contributed by atoms with E-state index in [1.165, 1.54) is 18.3 Å². The topological polar surface area (TPSA) is 51.2 Å². The molecule has 1 N–H and O–H groups in total. The molecule has 0 saturated heterocycles. The van der Waals surface area contributed by atoms with Gasteiger partial charge in [0.2, 0.25) is 5.95 Å². The summed E-state index contributed by atoms with van der Waals surface area (Å²) >= 11 is 0. The molecule has 0 unspecified atom stereocenters. The number of nitrogens with one attached hydrogen (secondary N) is 1. The Hall–Kier alpha value is -2.27. The van der Waals surface area contributed by atoms with Crippen molar-refractivity contribution in [2.45, 2.75) is 6.42 Å². The standard InChI is InChI=1S/C15H15FN2O2/c1-20-10-8-11-5-2-3-7-13(11)18-15(19)12-6-4-9-17-14(12)16/h2-7,9H,8,10H2,1H3,(H,18,19). The Bertz CT molecular complexity index is 602. The van der Waals surface area contributed by atoms with Gasteiger partial charge in [0.15, 0.2) is 0 Å². The highest BCUT2D eigenvalue weighted by Gasteiger charge is 2.13. The Morgan fingerprint density at radius 3 is 2.85 bits per heavy atom. The molecule has 0 aliphatic carbocycles. The number of ether oxygens (including phenoxy) is 1. The monoisotopic (exact) mass is 274 g/mol. The summed E-state index contributed by atoms with van der Waals surface area (Å²) in [6.07, 6.45) is 1.97. The van der Waals surface area contributed by atoms with E-state index in [0.29, 0.717) is 18.7 Å². The van der Waals surface area contributed by atoms with Crippen LogP contribution in [-0.4, -0.2) is 24.6 Å². The molecule has 0 spiro atoms. The molecule has 1 amide bonds. The Morgan fingerprint density at radius 2 is 2.10 bits per heavy atom. The molecule has 1 aromatic heterocycles. The predicted octanol–water partition coefficient (Wildman–Crippen LogP) is 2.66. The highest BCUT2D eigenvalue weighted by molar-refractivity contribution is 6.04. The van der Waals surface area contributed by atoms with Crippen LogP contribution in [0.1, 0.15) is 15.9 Å². The van der Waals surface area contributed by atoms with Crippen LogP contribution in [0.3, 0.4) is 0 Å². The van der Waals surface area contributed by atoms with Crippen LogP contribution in [0.2, 0.25) is 0 Å². The number of hydrogen-bond acceptors (Lipinski definition) is 3. The number of anilines is 1. The maximum absolute atomic E-state index is 13.5. The Labute approximate surface area is 116 Å². The molecule has 0 saturated carbocycles. The van der Waals surface area contributed by atoms with Crippen molar-refractivity contribution in [3.63, 3.8) is 0 Å². The number of carbonyl (C=O) groups is 1. The lowest BCUT2D eigenvalue weighted by molar-refractivity contribution is 0.102. The molecule has 1 aromatic carbocycles. The first-order chi connectivity index (χ1) is 9.72. The molecule has 20 heavy (non-hydrogen) atoms. The van der Waals surface area contributed by atoms with Crippen molar-refractivity contribution in [3.8, 4) is 0 Å². The summed E-state index contributed by atoms with van der Waals surface area (Å²) in [5, 5.41) is 2.70. The molecule has 2 aromatic rings. The minimum absolute atomic E-state index is 0.0750. The lowest BCUT2D eigenvalue weighted by atomic mass is 10.1. The van der Waals surface area contributed by atoms with Gasteiger partial charge in [0.05, 0.1) is 12.2 Å². The van der Waals surface area contributed by atoms with Crippen molar-refractivity contribution in [2.24, 2.45) is 0 Å². The van der Waals surface area contributed by atoms with Crippen molar-refractivity contribution in [2.75, 3.05) is 19.0 Å². The van der Waals surface area contributed by atoms with Crippen molar-refractivity contribution in [1.82, 2.24) is 4.98 Å². The van der Waals surface area contributed by atoms with E-state index in [1.807, 2.05) is 18.2 Å². The van der Waals surface area contributed by atoms with Crippen LogP contribution < -0.4 is 5.32 Å². The minimum Gasteiger partial charge on any atom is -0.384 e. The number of rotatable bonds is 5. The van der Waals surface area contributed by atoms with Gasteiger partial charge in [0.1, 0.15) is 0 Å². The molecule has 0 bridgehead atoms. The van der Waals surface area contributed by atoms with E-state index < -0.39 is 11.9 Å². The Kier molecular flexibility index (Phi) is 4.79. The number of carbonyl (C=O) groups excluding carboxylic acids is 1. The number of amides is 1. The molecular formula is C15H15FN2O2. The second-order valence-corrected chi connectivity index (χ2v) is 4.20. The summed E-state index contributed by atoms with van der Waals surface area (Å²) in [6, 6.07) is 10.3. The molecule has 0 aliphatic heterocycles. The van der Waals surface area contributed by atoms with Gasteiger partial charge in [-0.25, -0.2) is 4.98 Å². The molecule has 4 nitrogen and oxygen atoms in total. The van der Waals surface area contributed by atoms with Crippen LogP contribution in [0.5, 0.6) is 0 Å². The maximum atomic E-state index is 13.5. The quantitative estimate of drug-likeness (QED) is 0.853. The Balaban J connectivity index is 2.18. The van der Waals surface area contributed by atoms with Crippen molar-refractivity contribution < 1.29 is 13.9 Å². The van der Waals surface area contributed by atoms with Crippen LogP contribution in [-0.2, 0) is 11.2 Å². The van der Waals surface area contributed by atoms with E-state index in [9.17, 15) is 9.18 Å². The lowest BCUT2D eigenvalue weighted by Gasteiger charge is -2.10. The fourth-order valence-corrected chi connectivity index (χ4v) is 1.82. The lowest BCUT2D eigenvalue weighted by Crippen LogP contribution is -2.15. The molecule has 0 radical (unpaired) electrons. The molecule has 1 heterocycles. The highest BCUT2D eigenvalue weighted by Crippen LogP contribution is 2.17. The molecule has 0 aliphatic rings. The van der Waals surface area contributed by atoms with Gasteiger partial charge in [-0.3, -0.25) is 4.79 Å². The van der Waals surface area contributed by atoms with Gasteiger partial charge in [0.25, 0.3) is 5.91 Å². The van der Waals surface area contributed by atoms with E-state index in [0.717, 1.165) is 5.56 Å². The van der Waals surface area contributed by atoms with Gasteiger partial charge < -0.3 is 10.1 Å². The first-order valence-electron chi connectivity index (χ1n) is 6.21. The largest absolute Gasteiger partial charge is 0.384 e. The molecule has 2 rings (SSSR count). The number of hydrogen-bond donors (Lipinski definition) is 1. The smallest absolute Gasteiger partial charge is 0.260 e. The van der Waals surface area contributed by atoms with Gasteiger partial charge in [-0.1, -0.05) is 18.2 Å². The van der Waals surface area contributed by atoms with Crippen LogP contribution >= 0.6 is 0 Å². The SMILES string of the molecule is COCCc1ccccc1NC(=O)c1cccnc1F. The fraction of sp³-hybridized carbons (Fsp3) is 0.200. The number of halogens is 1. The number of aromatic nitrogens is 1. The number of methoxy groups -OCH3 is 1. The number of para-hydroxylation sites is 1. The van der Waals surface area contributed by atoms with Gasteiger partial charge in [-0.15, -0.1) is 0 Å². The summed E-state index contributed by atoms with van der Waals surface area (Å²) in [5.74, 6) is -1.29. The van der Waals surface area contributed by atoms with Gasteiger partial charge >= 0.3 is 0 Å². The minimum atomic E-state index is -0.778. The van der Waals surface area contributed by atoms with E-state index in [-0.39, 0.29) is 5.56 Å². The number of benzene rings is 1. The number of nitrogens with zero attached hydrogens (tertiary/aromatic N) is 1. The normalized spacial score (nSPS) is 10.3. The highest BCUT2D eigenvalue weighted by atomic mass is 19.1. The molecule has 0 atom stereocenters. The van der Waals surface area contributed by atoms with Crippen LogP contribution in [0.15, 0.2) is 42.6 Å². The van der Waals surface area contributed by atoms with Crippen LogP contribution in [0, 0.1) is 5.95 Å². The summed E-state index contributed by atoms with van der Waals surface area (Å²) < 4.78 is 18.5. The van der Waals surface area contributed by atoms with E-state index in [4.69, 9.17) is 4.74 Å². The average Bonchev–Trinajstić information content (AvgIpc) is 2.46. The molecular weight excluding hydrogens is 259 g/mol. The third-order valence-electron chi connectivity index (χ3n) is 2.84. The average molecular weight is 274 g/mol. The second kappa shape index (κ2) is 6.77. The van der Waals surface area contributed by atoms with Crippen molar-refractivity contribution >= 4 is 11.6 Å². The molecule has 5 heteroatoms. The fourth-order valence-electron chi connectivity index (χ4n) is 1.82. The first kappa shape index (κ1) is 14.1. The zero-order valence-corrected chi connectivity index (χ0v) is 11.1. The predicted molar refractivity (Wildman–Crippen MR) is 74.2 cm³/mol. The summed E-state index contributed by atoms with van der Waals surface area (Å²) in [6.45, 7) is 0.550. The third kappa shape index (κ3) is 3.39. The zero-order chi connectivity index (χ0) is 14.4. The summed E-state index contributed by atoms with van der Waals surface area (Å²) in [7, 11) is 1.62. The second-order valence-electron chi connectivity index (χ2n) is 4.20. The van der Waals surface area contributed by atoms with Gasteiger partial charge in [-0.05, 0) is 30.2 Å². The Morgan fingerprint density at radius 1 is 1.30 bits per heavy atom. The van der Waals surface area contributed by atoms with Crippen molar-refractivity contribution in [1.29, 1.82) is 0 Å². The van der Waals surface area contributed by atoms with E-state index in [1.54, 1.807) is 13.2 Å². The zero-order valence-electron chi connectivity index (χ0n) is 11.1. The maximum Gasteiger partial charge on any atom is 0.260 e. The van der Waals surface area contributed by atoms with Crippen molar-refractivity contribution in [3.05, 3.63) is 59.7 Å². The van der Waals surface area contributed by atoms with E-state index >= 15 is 0 Å². The first-order valence-corrected chi connectivity index (χ1v) is 6.21.